The molecule has 0 nitrogen and oxygen atoms in total. The van der Waals surface area contributed by atoms with Gasteiger partial charge in [0.25, 0.3) is 0 Å². The molecule has 0 saturated heterocycles. The van der Waals surface area contributed by atoms with Crippen LogP contribution in [0.4, 0.5) is 0 Å². The van der Waals surface area contributed by atoms with Gasteiger partial charge in [0.1, 0.15) is 0 Å². The number of hydrogen-bond acceptors (Lipinski definition) is 0. The van der Waals surface area contributed by atoms with Gasteiger partial charge in [0.05, 0.1) is 0 Å². The highest BCUT2D eigenvalue weighted by Crippen LogP contribution is 1.16. The van der Waals surface area contributed by atoms with Crippen LogP contribution in [0.5, 0.6) is 0 Å². The first-order chi connectivity index (χ1) is 4.41. The third-order valence-electron chi connectivity index (χ3n) is 0. The minimum Gasteiger partial charge on any atom is -0.137 e. The first-order valence-corrected chi connectivity index (χ1v) is 2.21. The Morgan fingerprint density at radius 1 is 0.556 bits per heavy atom. The summed E-state index contributed by atoms with van der Waals surface area (Å²) in [6, 6.07) is 0. The largest absolute Gasteiger partial charge is 0.137 e. The molecule has 9 heavy (non-hydrogen) atoms. The van der Waals surface area contributed by atoms with E-state index in [1.165, 1.54) is 0 Å². The maximum atomic E-state index is 3.12. The lowest BCUT2D eigenvalue weighted by Gasteiger charge is -1.10. The molecule has 0 amide bonds. The van der Waals surface area contributed by atoms with Crippen molar-refractivity contribution in [3.05, 3.63) is 58.4 Å². The van der Waals surface area contributed by atoms with E-state index in [1.807, 2.05) is 0 Å². The van der Waals surface area contributed by atoms with Crippen LogP contribution in [0.3, 0.4) is 0 Å². The van der Waals surface area contributed by atoms with Gasteiger partial charge in [-0.1, -0.05) is 13.2 Å². The van der Waals surface area contributed by atoms with Crippen molar-refractivity contribution in [1.29, 1.82) is 0 Å². The van der Waals surface area contributed by atoms with Gasteiger partial charge in [-0.3, -0.25) is 0 Å². The smallest absolute Gasteiger partial charge is 0.0572 e. The molecule has 0 aromatic carbocycles. The molecule has 0 aromatic heterocycles. The van der Waals surface area contributed by atoms with Crippen molar-refractivity contribution in [1.82, 2.24) is 0 Å². The SMILES string of the molecule is C=C.C=C.C=C.C=C=C. The van der Waals surface area contributed by atoms with Crippen LogP contribution in [0.1, 0.15) is 0 Å². The summed E-state index contributed by atoms with van der Waals surface area (Å²) in [4.78, 5) is 0. The molecule has 0 rings (SSSR count). The molecule has 0 bridgehead atoms. The maximum absolute atomic E-state index is 3.12. The molecular formula is C9H16. The van der Waals surface area contributed by atoms with Crippen LogP contribution in [0.15, 0.2) is 58.4 Å². The lowest BCUT2D eigenvalue weighted by Crippen LogP contribution is -0.844. The zero-order valence-electron chi connectivity index (χ0n) is 6.16. The summed E-state index contributed by atoms with van der Waals surface area (Å²) in [5.41, 5.74) is 2.25. The van der Waals surface area contributed by atoms with E-state index in [0.717, 1.165) is 0 Å². The van der Waals surface area contributed by atoms with E-state index < -0.39 is 0 Å². The normalized spacial score (nSPS) is 2.22. The van der Waals surface area contributed by atoms with Gasteiger partial charge in [-0.05, 0) is 0 Å². The third kappa shape index (κ3) is 95.4. The fourth-order valence-corrected chi connectivity index (χ4v) is 0. The molecule has 0 aliphatic carbocycles. The molecular weight excluding hydrogens is 108 g/mol. The van der Waals surface area contributed by atoms with Gasteiger partial charge >= 0.3 is 0 Å². The Hall–Kier alpha value is -1.26. The summed E-state index contributed by atoms with van der Waals surface area (Å²) in [5, 5.41) is 0. The van der Waals surface area contributed by atoms with Crippen LogP contribution in [0, 0.1) is 0 Å². The molecule has 52 valence electrons. The predicted octanol–water partition coefficient (Wildman–Crippen LogP) is 3.36. The summed E-state index contributed by atoms with van der Waals surface area (Å²) >= 11 is 0. The van der Waals surface area contributed by atoms with Crippen molar-refractivity contribution >= 4 is 0 Å². The Labute approximate surface area is 59.2 Å². The minimum absolute atomic E-state index is 2.25. The van der Waals surface area contributed by atoms with E-state index in [-0.39, 0.29) is 0 Å². The van der Waals surface area contributed by atoms with Crippen LogP contribution in [-0.4, -0.2) is 0 Å². The highest BCUT2D eigenvalue weighted by molar-refractivity contribution is 4.51. The van der Waals surface area contributed by atoms with Crippen LogP contribution in [-0.2, 0) is 0 Å². The second kappa shape index (κ2) is 3290. The van der Waals surface area contributed by atoms with Gasteiger partial charge in [0, 0.05) is 0 Å². The molecule has 0 aliphatic rings. The number of hydrogen-bond donors (Lipinski definition) is 0. The van der Waals surface area contributed by atoms with Crippen LogP contribution < -0.4 is 0 Å². The average Bonchev–Trinajstić information content (AvgIpc) is 2.01. The van der Waals surface area contributed by atoms with E-state index in [0.29, 0.717) is 0 Å². The standard InChI is InChI=1S/C3H4.3C2H4/c1-3-2;3*1-2/h1-2H2;3*1-2H2. The minimum atomic E-state index is 2.25. The summed E-state index contributed by atoms with van der Waals surface area (Å²) in [7, 11) is 0. The van der Waals surface area contributed by atoms with E-state index in [1.54, 1.807) is 0 Å². The monoisotopic (exact) mass is 124 g/mol. The van der Waals surface area contributed by atoms with E-state index in [4.69, 9.17) is 0 Å². The van der Waals surface area contributed by atoms with Crippen molar-refractivity contribution in [3.63, 3.8) is 0 Å². The Balaban J connectivity index is -0.0000000190. The molecule has 0 radical (unpaired) electrons. The zero-order chi connectivity index (χ0) is 8.71. The van der Waals surface area contributed by atoms with E-state index in [9.17, 15) is 0 Å². The summed E-state index contributed by atoms with van der Waals surface area (Å²) < 4.78 is 0. The topological polar surface area (TPSA) is 0 Å². The first-order valence-electron chi connectivity index (χ1n) is 2.21. The lowest BCUT2D eigenvalue weighted by atomic mass is 11.0. The maximum Gasteiger partial charge on any atom is -0.0572 e. The van der Waals surface area contributed by atoms with Crippen LogP contribution in [0.25, 0.3) is 0 Å². The van der Waals surface area contributed by atoms with Crippen molar-refractivity contribution in [2.24, 2.45) is 0 Å². The third-order valence-corrected chi connectivity index (χ3v) is 0. The van der Waals surface area contributed by atoms with Crippen LogP contribution in [0.2, 0.25) is 0 Å². The Kier molecular flexibility index (Phi) is 9180. The highest BCUT2D eigenvalue weighted by atomic mass is 13.0. The average molecular weight is 124 g/mol. The van der Waals surface area contributed by atoms with Crippen LogP contribution >= 0.6 is 0 Å². The fourth-order valence-electron chi connectivity index (χ4n) is 0. The van der Waals surface area contributed by atoms with Crippen molar-refractivity contribution in [2.45, 2.75) is 0 Å². The molecule has 0 heteroatoms. The molecule has 0 spiro atoms. The molecule has 0 unspecified atom stereocenters. The molecule has 0 fully saturated rings. The number of rotatable bonds is 0. The van der Waals surface area contributed by atoms with Gasteiger partial charge < -0.3 is 0 Å². The summed E-state index contributed by atoms with van der Waals surface area (Å²) in [6.45, 7) is 24.2. The van der Waals surface area contributed by atoms with Gasteiger partial charge in [0.2, 0.25) is 0 Å². The molecule has 0 N–H and O–H groups in total. The molecule has 0 aliphatic heterocycles. The Morgan fingerprint density at radius 3 is 0.556 bits per heavy atom. The van der Waals surface area contributed by atoms with Crippen molar-refractivity contribution < 1.29 is 0 Å². The van der Waals surface area contributed by atoms with E-state index in [2.05, 4.69) is 58.4 Å². The quantitative estimate of drug-likeness (QED) is 0.343. The van der Waals surface area contributed by atoms with Gasteiger partial charge in [-0.2, -0.15) is 0 Å². The Bertz CT molecular complexity index is 42.3. The van der Waals surface area contributed by atoms with E-state index >= 15 is 0 Å². The molecule has 0 heterocycles. The van der Waals surface area contributed by atoms with Crippen molar-refractivity contribution in [2.75, 3.05) is 0 Å². The first kappa shape index (κ1) is 25.1. The second-order valence-electron chi connectivity index (χ2n) is 0.250. The van der Waals surface area contributed by atoms with Crippen molar-refractivity contribution in [3.8, 4) is 0 Å². The molecule has 0 atom stereocenters. The lowest BCUT2D eigenvalue weighted by molar-refractivity contribution is 2.51. The van der Waals surface area contributed by atoms with Gasteiger partial charge in [-0.15, -0.1) is 45.2 Å². The molecule has 0 saturated carbocycles. The van der Waals surface area contributed by atoms with Gasteiger partial charge in [0.15, 0.2) is 0 Å². The van der Waals surface area contributed by atoms with Gasteiger partial charge in [-0.25, -0.2) is 0 Å². The predicted molar refractivity (Wildman–Crippen MR) is 48.5 cm³/mol. The Morgan fingerprint density at radius 2 is 0.556 bits per heavy atom. The fraction of sp³-hybridized carbons (Fsp3) is 0. The summed E-state index contributed by atoms with van der Waals surface area (Å²) in [6.07, 6.45) is 0. The second-order valence-corrected chi connectivity index (χ2v) is 0.250. The molecule has 0 aromatic rings. The summed E-state index contributed by atoms with van der Waals surface area (Å²) in [5.74, 6) is 0. The zero-order valence-corrected chi connectivity index (χ0v) is 6.16. The highest BCUT2D eigenvalue weighted by Gasteiger charge is 0.904.